The highest BCUT2D eigenvalue weighted by atomic mass is 16.5. The summed E-state index contributed by atoms with van der Waals surface area (Å²) in [6.45, 7) is 0.503. The summed E-state index contributed by atoms with van der Waals surface area (Å²) < 4.78 is 5.35. The molecule has 3 aromatic carbocycles. The summed E-state index contributed by atoms with van der Waals surface area (Å²) >= 11 is 0. The normalized spacial score (nSPS) is 15.5. The van der Waals surface area contributed by atoms with E-state index in [1.165, 1.54) is 11.1 Å². The minimum Gasteiger partial charge on any atom is -0.448 e. The lowest BCUT2D eigenvalue weighted by Crippen LogP contribution is -2.42. The Morgan fingerprint density at radius 1 is 0.897 bits per heavy atom. The zero-order valence-electron chi connectivity index (χ0n) is 16.1. The highest BCUT2D eigenvalue weighted by Crippen LogP contribution is 2.27. The number of fused-ring (bicyclic) bond motifs is 1. The summed E-state index contributed by atoms with van der Waals surface area (Å²) in [5, 5.41) is 2.96. The van der Waals surface area contributed by atoms with Crippen LogP contribution in [0.3, 0.4) is 0 Å². The fourth-order valence-corrected chi connectivity index (χ4v) is 3.83. The largest absolute Gasteiger partial charge is 0.448 e. The average Bonchev–Trinajstić information content (AvgIpc) is 2.78. The topological polar surface area (TPSA) is 55.4 Å². The van der Waals surface area contributed by atoms with Crippen LogP contribution in [0, 0.1) is 0 Å². The summed E-state index contributed by atoms with van der Waals surface area (Å²) in [6, 6.07) is 27.8. The summed E-state index contributed by atoms with van der Waals surface area (Å²) in [5.74, 6) is -0.487. The first kappa shape index (κ1) is 18.9. The third-order valence-corrected chi connectivity index (χ3v) is 5.32. The van der Waals surface area contributed by atoms with Gasteiger partial charge in [-0.15, -0.1) is 0 Å². The molecular formula is C25H23NO3. The molecule has 1 amide bonds. The van der Waals surface area contributed by atoms with Gasteiger partial charge in [-0.05, 0) is 29.2 Å². The number of hydrogen-bond donors (Lipinski definition) is 1. The van der Waals surface area contributed by atoms with Crippen molar-refractivity contribution in [2.24, 2.45) is 0 Å². The van der Waals surface area contributed by atoms with Crippen molar-refractivity contribution < 1.29 is 14.3 Å². The van der Waals surface area contributed by atoms with Gasteiger partial charge < -0.3 is 10.1 Å². The molecule has 0 saturated carbocycles. The van der Waals surface area contributed by atoms with Gasteiger partial charge in [-0.1, -0.05) is 78.9 Å². The maximum Gasteiger partial charge on any atom is 0.339 e. The number of cyclic esters (lactones) is 1. The predicted molar refractivity (Wildman–Crippen MR) is 112 cm³/mol. The third-order valence-electron chi connectivity index (χ3n) is 5.32. The first-order chi connectivity index (χ1) is 14.2. The number of esters is 1. The zero-order valence-corrected chi connectivity index (χ0v) is 16.1. The van der Waals surface area contributed by atoms with Crippen LogP contribution < -0.4 is 5.32 Å². The molecule has 0 aliphatic carbocycles. The van der Waals surface area contributed by atoms with Crippen LogP contribution in [0.1, 0.15) is 39.4 Å². The SMILES string of the molecule is O=C1O[C@@H](C(=O)NCCC(c2ccccc2)c2ccccc2)Cc2ccccc21. The Bertz CT molecular complexity index is 946. The van der Waals surface area contributed by atoms with E-state index in [2.05, 4.69) is 29.6 Å². The molecule has 0 radical (unpaired) electrons. The van der Waals surface area contributed by atoms with Gasteiger partial charge in [0.15, 0.2) is 6.10 Å². The monoisotopic (exact) mass is 385 g/mol. The van der Waals surface area contributed by atoms with E-state index in [-0.39, 0.29) is 11.8 Å². The molecule has 0 spiro atoms. The van der Waals surface area contributed by atoms with Crippen molar-refractivity contribution in [1.82, 2.24) is 5.32 Å². The van der Waals surface area contributed by atoms with Gasteiger partial charge in [0.25, 0.3) is 5.91 Å². The highest BCUT2D eigenvalue weighted by molar-refractivity contribution is 5.95. The van der Waals surface area contributed by atoms with Crippen LogP contribution in [0.25, 0.3) is 0 Å². The van der Waals surface area contributed by atoms with Gasteiger partial charge in [-0.2, -0.15) is 0 Å². The predicted octanol–water partition coefficient (Wildman–Crippen LogP) is 4.11. The van der Waals surface area contributed by atoms with Crippen LogP contribution in [-0.2, 0) is 16.0 Å². The van der Waals surface area contributed by atoms with Crippen molar-refractivity contribution in [3.63, 3.8) is 0 Å². The van der Waals surface area contributed by atoms with E-state index < -0.39 is 12.1 Å². The molecule has 4 heteroatoms. The van der Waals surface area contributed by atoms with E-state index in [0.29, 0.717) is 18.5 Å². The molecule has 1 atom stereocenters. The van der Waals surface area contributed by atoms with Gasteiger partial charge in [0.1, 0.15) is 0 Å². The third kappa shape index (κ3) is 4.37. The highest BCUT2D eigenvalue weighted by Gasteiger charge is 2.30. The molecule has 0 bridgehead atoms. The fourth-order valence-electron chi connectivity index (χ4n) is 3.83. The molecule has 146 valence electrons. The Labute approximate surface area is 170 Å². The van der Waals surface area contributed by atoms with Crippen molar-refractivity contribution in [3.8, 4) is 0 Å². The van der Waals surface area contributed by atoms with Crippen LogP contribution in [-0.4, -0.2) is 24.5 Å². The van der Waals surface area contributed by atoms with Gasteiger partial charge in [-0.3, -0.25) is 4.79 Å². The van der Waals surface area contributed by atoms with Crippen molar-refractivity contribution in [2.45, 2.75) is 24.9 Å². The molecule has 29 heavy (non-hydrogen) atoms. The van der Waals surface area contributed by atoms with Gasteiger partial charge >= 0.3 is 5.97 Å². The van der Waals surface area contributed by atoms with E-state index in [4.69, 9.17) is 4.74 Å². The molecule has 1 N–H and O–H groups in total. The Balaban J connectivity index is 1.40. The van der Waals surface area contributed by atoms with E-state index in [0.717, 1.165) is 12.0 Å². The molecule has 3 aromatic rings. The number of rotatable bonds is 6. The quantitative estimate of drug-likeness (QED) is 0.650. The Hall–Kier alpha value is -3.40. The number of carbonyl (C=O) groups excluding carboxylic acids is 2. The van der Waals surface area contributed by atoms with Crippen LogP contribution in [0.5, 0.6) is 0 Å². The molecule has 0 saturated heterocycles. The Morgan fingerprint density at radius 2 is 1.48 bits per heavy atom. The summed E-state index contributed by atoms with van der Waals surface area (Å²) in [6.07, 6.45) is 0.398. The number of benzene rings is 3. The maximum absolute atomic E-state index is 12.6. The summed E-state index contributed by atoms with van der Waals surface area (Å²) in [7, 11) is 0. The second-order valence-corrected chi connectivity index (χ2v) is 7.21. The number of carbonyl (C=O) groups is 2. The van der Waals surface area contributed by atoms with Gasteiger partial charge in [0.05, 0.1) is 5.56 Å². The number of ether oxygens (including phenoxy) is 1. The average molecular weight is 385 g/mol. The molecule has 1 heterocycles. The fraction of sp³-hybridized carbons (Fsp3) is 0.200. The van der Waals surface area contributed by atoms with Gasteiger partial charge in [-0.25, -0.2) is 4.79 Å². The zero-order chi connectivity index (χ0) is 20.1. The molecule has 0 fully saturated rings. The molecule has 4 rings (SSSR count). The number of amides is 1. The lowest BCUT2D eigenvalue weighted by Gasteiger charge is -2.24. The van der Waals surface area contributed by atoms with Crippen LogP contribution in [0.4, 0.5) is 0 Å². The van der Waals surface area contributed by atoms with E-state index in [1.807, 2.05) is 48.5 Å². The second kappa shape index (κ2) is 8.74. The maximum atomic E-state index is 12.6. The first-order valence-electron chi connectivity index (χ1n) is 9.89. The lowest BCUT2D eigenvalue weighted by molar-refractivity contribution is -0.130. The molecule has 0 unspecified atom stereocenters. The van der Waals surface area contributed by atoms with Gasteiger partial charge in [0.2, 0.25) is 0 Å². The molecule has 1 aliphatic rings. The smallest absolute Gasteiger partial charge is 0.339 e. The van der Waals surface area contributed by atoms with E-state index >= 15 is 0 Å². The van der Waals surface area contributed by atoms with Crippen molar-refractivity contribution in [2.75, 3.05) is 6.54 Å². The Kier molecular flexibility index (Phi) is 5.71. The molecule has 0 aromatic heterocycles. The number of nitrogens with one attached hydrogen (secondary N) is 1. The summed E-state index contributed by atoms with van der Waals surface area (Å²) in [4.78, 5) is 24.8. The van der Waals surface area contributed by atoms with Crippen LogP contribution >= 0.6 is 0 Å². The first-order valence-corrected chi connectivity index (χ1v) is 9.89. The van der Waals surface area contributed by atoms with E-state index in [1.54, 1.807) is 12.1 Å². The lowest BCUT2D eigenvalue weighted by atomic mass is 9.88. The van der Waals surface area contributed by atoms with Crippen LogP contribution in [0.15, 0.2) is 84.9 Å². The van der Waals surface area contributed by atoms with Crippen molar-refractivity contribution in [3.05, 3.63) is 107 Å². The van der Waals surface area contributed by atoms with Crippen LogP contribution in [0.2, 0.25) is 0 Å². The second-order valence-electron chi connectivity index (χ2n) is 7.21. The minimum absolute atomic E-state index is 0.187. The molecule has 4 nitrogen and oxygen atoms in total. The number of hydrogen-bond acceptors (Lipinski definition) is 3. The van der Waals surface area contributed by atoms with Gasteiger partial charge in [0, 0.05) is 18.9 Å². The minimum atomic E-state index is -0.774. The standard InChI is InChI=1S/C25H23NO3/c27-24(23-17-20-13-7-8-14-22(20)25(28)29-23)26-16-15-21(18-9-3-1-4-10-18)19-11-5-2-6-12-19/h1-14,21,23H,15-17H2,(H,26,27)/t23-/m1/s1. The van der Waals surface area contributed by atoms with Crippen molar-refractivity contribution >= 4 is 11.9 Å². The van der Waals surface area contributed by atoms with Crippen molar-refractivity contribution in [1.29, 1.82) is 0 Å². The molecular weight excluding hydrogens is 362 g/mol. The molecule has 1 aliphatic heterocycles. The summed E-state index contributed by atoms with van der Waals surface area (Å²) in [5.41, 5.74) is 3.83. The Morgan fingerprint density at radius 3 is 2.14 bits per heavy atom. The van der Waals surface area contributed by atoms with E-state index in [9.17, 15) is 9.59 Å².